The summed E-state index contributed by atoms with van der Waals surface area (Å²) in [4.78, 5) is 52.7. The quantitative estimate of drug-likeness (QED) is 0.266. The Morgan fingerprint density at radius 2 is 1.82 bits per heavy atom. The van der Waals surface area contributed by atoms with E-state index in [0.717, 1.165) is 0 Å². The van der Waals surface area contributed by atoms with Gasteiger partial charge in [-0.2, -0.15) is 9.97 Å². The summed E-state index contributed by atoms with van der Waals surface area (Å²) in [6, 6.07) is 5.09. The van der Waals surface area contributed by atoms with Crippen molar-refractivity contribution in [2.45, 2.75) is 32.4 Å². The number of nitrogens with zero attached hydrogens (tertiary/aromatic N) is 5. The number of hydrogen-bond donors (Lipinski definition) is 4. The van der Waals surface area contributed by atoms with Gasteiger partial charge in [-0.05, 0) is 30.7 Å². The maximum atomic E-state index is 12.3. The molecule has 172 valence electrons. The summed E-state index contributed by atoms with van der Waals surface area (Å²) in [7, 11) is 0. The van der Waals surface area contributed by atoms with Crippen LogP contribution in [0.2, 0.25) is 0 Å². The SMILES string of the molecule is CC(=O)N(Cc1cnc2nc(N)nc(N)c2n1)c1ccc(OC(=O)C(N)CCC(=O)O)cc1. The Morgan fingerprint density at radius 3 is 2.45 bits per heavy atom. The number of esters is 1. The van der Waals surface area contributed by atoms with E-state index in [4.69, 9.17) is 27.0 Å². The molecule has 1 atom stereocenters. The van der Waals surface area contributed by atoms with Crippen molar-refractivity contribution in [3.8, 4) is 5.75 Å². The number of carbonyl (C=O) groups is 3. The number of carboxylic acids is 1. The minimum absolute atomic E-state index is 0.0176. The van der Waals surface area contributed by atoms with Gasteiger partial charge in [0.25, 0.3) is 0 Å². The molecule has 0 aliphatic carbocycles. The number of rotatable bonds is 8. The summed E-state index contributed by atoms with van der Waals surface area (Å²) < 4.78 is 5.17. The number of benzene rings is 1. The van der Waals surface area contributed by atoms with E-state index in [-0.39, 0.29) is 54.0 Å². The summed E-state index contributed by atoms with van der Waals surface area (Å²) >= 11 is 0. The van der Waals surface area contributed by atoms with Crippen LogP contribution in [0.15, 0.2) is 30.5 Å². The third-order valence-corrected chi connectivity index (χ3v) is 4.54. The lowest BCUT2D eigenvalue weighted by Crippen LogP contribution is -2.34. The molecular weight excluding hydrogens is 432 g/mol. The maximum absolute atomic E-state index is 12.3. The van der Waals surface area contributed by atoms with Gasteiger partial charge in [-0.3, -0.25) is 9.59 Å². The van der Waals surface area contributed by atoms with Gasteiger partial charge >= 0.3 is 11.9 Å². The molecule has 0 saturated carbocycles. The van der Waals surface area contributed by atoms with Gasteiger partial charge in [0.1, 0.15) is 11.8 Å². The van der Waals surface area contributed by atoms with E-state index in [9.17, 15) is 14.4 Å². The van der Waals surface area contributed by atoms with Crippen LogP contribution in [-0.2, 0) is 20.9 Å². The summed E-state index contributed by atoms with van der Waals surface area (Å²) in [6.07, 6.45) is 1.17. The highest BCUT2D eigenvalue weighted by Crippen LogP contribution is 2.23. The van der Waals surface area contributed by atoms with Crippen LogP contribution in [0.5, 0.6) is 5.75 Å². The smallest absolute Gasteiger partial charge is 0.328 e. The van der Waals surface area contributed by atoms with Gasteiger partial charge in [0, 0.05) is 19.0 Å². The molecular formula is C20H22N8O5. The Bertz CT molecular complexity index is 1200. The predicted molar refractivity (Wildman–Crippen MR) is 118 cm³/mol. The van der Waals surface area contributed by atoms with Crippen LogP contribution in [0.4, 0.5) is 17.5 Å². The summed E-state index contributed by atoms with van der Waals surface area (Å²) in [5.74, 6) is -1.81. The molecule has 0 aliphatic heterocycles. The fourth-order valence-electron chi connectivity index (χ4n) is 2.89. The Balaban J connectivity index is 1.74. The van der Waals surface area contributed by atoms with E-state index >= 15 is 0 Å². The number of ether oxygens (including phenoxy) is 1. The van der Waals surface area contributed by atoms with Crippen molar-refractivity contribution in [2.75, 3.05) is 16.4 Å². The molecule has 1 aromatic carbocycles. The van der Waals surface area contributed by atoms with Crippen molar-refractivity contribution in [3.63, 3.8) is 0 Å². The van der Waals surface area contributed by atoms with Crippen LogP contribution in [0.1, 0.15) is 25.5 Å². The molecule has 0 radical (unpaired) electrons. The lowest BCUT2D eigenvalue weighted by atomic mass is 10.2. The zero-order valence-electron chi connectivity index (χ0n) is 17.6. The van der Waals surface area contributed by atoms with Crippen molar-refractivity contribution in [2.24, 2.45) is 5.73 Å². The average Bonchev–Trinajstić information content (AvgIpc) is 2.76. The molecule has 0 fully saturated rings. The second-order valence-corrected chi connectivity index (χ2v) is 7.06. The molecule has 13 nitrogen and oxygen atoms in total. The van der Waals surface area contributed by atoms with Crippen LogP contribution >= 0.6 is 0 Å². The standard InChI is InChI=1S/C20H22N8O5/c1-10(29)28(9-11-8-24-18-16(25-11)17(22)26-20(23)27-18)12-2-4-13(5-3-12)33-19(32)14(21)6-7-15(30)31/h2-5,8,14H,6-7,9,21H2,1H3,(H,30,31)(H4,22,23,24,26,27). The Morgan fingerprint density at radius 1 is 1.12 bits per heavy atom. The molecule has 33 heavy (non-hydrogen) atoms. The Kier molecular flexibility index (Phi) is 6.93. The van der Waals surface area contributed by atoms with Gasteiger partial charge in [0.2, 0.25) is 11.9 Å². The second kappa shape index (κ2) is 9.82. The first-order valence-electron chi connectivity index (χ1n) is 9.76. The zero-order chi connectivity index (χ0) is 24.1. The van der Waals surface area contributed by atoms with Crippen molar-refractivity contribution in [1.82, 2.24) is 19.9 Å². The third-order valence-electron chi connectivity index (χ3n) is 4.54. The van der Waals surface area contributed by atoms with Gasteiger partial charge < -0.3 is 31.9 Å². The zero-order valence-corrected chi connectivity index (χ0v) is 17.6. The van der Waals surface area contributed by atoms with Gasteiger partial charge in [-0.15, -0.1) is 0 Å². The highest BCUT2D eigenvalue weighted by atomic mass is 16.5. The molecule has 2 heterocycles. The fourth-order valence-corrected chi connectivity index (χ4v) is 2.89. The van der Waals surface area contributed by atoms with Crippen molar-refractivity contribution in [1.29, 1.82) is 0 Å². The first-order chi connectivity index (χ1) is 15.6. The van der Waals surface area contributed by atoms with Gasteiger partial charge in [0.15, 0.2) is 17.0 Å². The highest BCUT2D eigenvalue weighted by molar-refractivity contribution is 5.91. The van der Waals surface area contributed by atoms with Gasteiger partial charge in [0.05, 0.1) is 18.4 Å². The number of anilines is 3. The molecule has 7 N–H and O–H groups in total. The molecule has 1 amide bonds. The van der Waals surface area contributed by atoms with Crippen molar-refractivity contribution < 1.29 is 24.2 Å². The normalized spacial score (nSPS) is 11.7. The topological polar surface area (TPSA) is 214 Å². The van der Waals surface area contributed by atoms with Gasteiger partial charge in [-0.25, -0.2) is 14.8 Å². The molecule has 2 aromatic heterocycles. The summed E-state index contributed by atoms with van der Waals surface area (Å²) in [5, 5.41) is 8.68. The minimum atomic E-state index is -1.06. The lowest BCUT2D eigenvalue weighted by molar-refractivity contribution is -0.138. The molecule has 0 bridgehead atoms. The monoisotopic (exact) mass is 454 g/mol. The van der Waals surface area contributed by atoms with E-state index in [0.29, 0.717) is 11.4 Å². The van der Waals surface area contributed by atoms with Crippen LogP contribution in [-0.4, -0.2) is 48.9 Å². The molecule has 0 spiro atoms. The van der Waals surface area contributed by atoms with Crippen LogP contribution in [0.25, 0.3) is 11.2 Å². The first kappa shape index (κ1) is 23.3. The molecule has 13 heteroatoms. The number of nitrogen functional groups attached to an aromatic ring is 2. The van der Waals surface area contributed by atoms with Crippen molar-refractivity contribution >= 4 is 46.5 Å². The first-order valence-corrected chi connectivity index (χ1v) is 9.76. The molecule has 0 saturated heterocycles. The minimum Gasteiger partial charge on any atom is -0.481 e. The largest absolute Gasteiger partial charge is 0.481 e. The number of hydrogen-bond acceptors (Lipinski definition) is 11. The number of nitrogens with two attached hydrogens (primary N) is 3. The predicted octanol–water partition coefficient (Wildman–Crippen LogP) is 0.235. The van der Waals surface area contributed by atoms with Crippen LogP contribution < -0.4 is 26.8 Å². The highest BCUT2D eigenvalue weighted by Gasteiger charge is 2.19. The average molecular weight is 454 g/mol. The summed E-state index contributed by atoms with van der Waals surface area (Å²) in [6.45, 7) is 1.48. The number of fused-ring (bicyclic) bond motifs is 1. The van der Waals surface area contributed by atoms with Crippen molar-refractivity contribution in [3.05, 3.63) is 36.2 Å². The van der Waals surface area contributed by atoms with E-state index in [1.54, 1.807) is 12.1 Å². The van der Waals surface area contributed by atoms with E-state index in [1.165, 1.54) is 30.2 Å². The number of carbonyl (C=O) groups excluding carboxylic acids is 2. The molecule has 1 unspecified atom stereocenters. The lowest BCUT2D eigenvalue weighted by Gasteiger charge is -2.21. The molecule has 0 aliphatic rings. The molecule has 3 rings (SSSR count). The molecule has 3 aromatic rings. The Labute approximate surface area is 187 Å². The van der Waals surface area contributed by atoms with Gasteiger partial charge in [-0.1, -0.05) is 0 Å². The fraction of sp³-hybridized carbons (Fsp3) is 0.250. The maximum Gasteiger partial charge on any atom is 0.328 e. The number of carboxylic acid groups (broad SMARTS) is 1. The van der Waals surface area contributed by atoms with E-state index < -0.39 is 18.0 Å². The van der Waals surface area contributed by atoms with Crippen LogP contribution in [0, 0.1) is 0 Å². The number of aliphatic carboxylic acids is 1. The number of aromatic nitrogens is 4. The Hall–Kier alpha value is -4.39. The van der Waals surface area contributed by atoms with E-state index in [2.05, 4.69) is 19.9 Å². The third kappa shape index (κ3) is 5.86. The summed E-state index contributed by atoms with van der Waals surface area (Å²) in [5.41, 5.74) is 18.5. The number of amides is 1. The van der Waals surface area contributed by atoms with E-state index in [1.807, 2.05) is 0 Å². The second-order valence-electron chi connectivity index (χ2n) is 7.06. The van der Waals surface area contributed by atoms with Crippen LogP contribution in [0.3, 0.4) is 0 Å².